The first-order chi connectivity index (χ1) is 15.0. The standard InChI is InChI=1S/C22H18N4O2S3/c1-12-7-8-14-16(11-12)30-20(24-14)18(19(23)27)31-22-25-15-9-10-29-17(15)21(28)26(22)13-5-3-2-4-6-13/h2-8,11,18H,9-10H2,1H3,(H2,23,27). The van der Waals surface area contributed by atoms with Crippen molar-refractivity contribution in [3.63, 3.8) is 0 Å². The van der Waals surface area contributed by atoms with Gasteiger partial charge in [-0.25, -0.2) is 9.97 Å². The van der Waals surface area contributed by atoms with Crippen LogP contribution in [0.2, 0.25) is 0 Å². The number of carbonyl (C=O) groups excluding carboxylic acids is 1. The number of thioether (sulfide) groups is 2. The number of hydrogen-bond acceptors (Lipinski definition) is 7. The predicted molar refractivity (Wildman–Crippen MR) is 126 cm³/mol. The monoisotopic (exact) mass is 466 g/mol. The fraction of sp³-hybridized carbons (Fsp3) is 0.182. The highest BCUT2D eigenvalue weighted by molar-refractivity contribution is 8.00. The van der Waals surface area contributed by atoms with Gasteiger partial charge in [0.15, 0.2) is 5.16 Å². The molecule has 1 amide bonds. The van der Waals surface area contributed by atoms with Crippen LogP contribution in [0.15, 0.2) is 63.4 Å². The quantitative estimate of drug-likeness (QED) is 0.351. The fourth-order valence-corrected chi connectivity index (χ4v) is 6.78. The van der Waals surface area contributed by atoms with Crippen LogP contribution in [0, 0.1) is 6.92 Å². The van der Waals surface area contributed by atoms with E-state index in [9.17, 15) is 9.59 Å². The average molecular weight is 467 g/mol. The molecule has 1 atom stereocenters. The van der Waals surface area contributed by atoms with Gasteiger partial charge >= 0.3 is 0 Å². The molecule has 2 aromatic heterocycles. The minimum Gasteiger partial charge on any atom is -0.368 e. The first-order valence-electron chi connectivity index (χ1n) is 9.68. The van der Waals surface area contributed by atoms with Gasteiger partial charge in [0.25, 0.3) is 5.56 Å². The smallest absolute Gasteiger partial charge is 0.272 e. The second kappa shape index (κ2) is 8.14. The molecule has 31 heavy (non-hydrogen) atoms. The fourth-order valence-electron chi connectivity index (χ4n) is 3.47. The van der Waals surface area contributed by atoms with E-state index < -0.39 is 11.2 Å². The Hall–Kier alpha value is -2.62. The van der Waals surface area contributed by atoms with Gasteiger partial charge in [-0.1, -0.05) is 36.0 Å². The molecule has 0 radical (unpaired) electrons. The normalized spacial score (nSPS) is 14.0. The van der Waals surface area contributed by atoms with E-state index in [0.29, 0.717) is 20.7 Å². The molecule has 0 saturated heterocycles. The Morgan fingerprint density at radius 2 is 2.00 bits per heavy atom. The van der Waals surface area contributed by atoms with Crippen LogP contribution in [0.3, 0.4) is 0 Å². The summed E-state index contributed by atoms with van der Waals surface area (Å²) in [5, 5.41) is 0.324. The number of amides is 1. The predicted octanol–water partition coefficient (Wildman–Crippen LogP) is 4.12. The molecule has 0 aliphatic carbocycles. The highest BCUT2D eigenvalue weighted by Gasteiger charge is 2.29. The summed E-state index contributed by atoms with van der Waals surface area (Å²) in [7, 11) is 0. The number of hydrogen-bond donors (Lipinski definition) is 1. The molecule has 0 spiro atoms. The van der Waals surface area contributed by atoms with Gasteiger partial charge in [0.05, 0.1) is 26.5 Å². The molecule has 0 bridgehead atoms. The summed E-state index contributed by atoms with van der Waals surface area (Å²) in [5.41, 5.74) is 9.14. The minimum absolute atomic E-state index is 0.107. The summed E-state index contributed by atoms with van der Waals surface area (Å²) in [4.78, 5) is 35.9. The van der Waals surface area contributed by atoms with Crippen molar-refractivity contribution in [3.05, 3.63) is 75.1 Å². The van der Waals surface area contributed by atoms with Crippen molar-refractivity contribution < 1.29 is 4.79 Å². The van der Waals surface area contributed by atoms with Gasteiger partial charge in [-0.2, -0.15) is 0 Å². The summed E-state index contributed by atoms with van der Waals surface area (Å²) in [6, 6.07) is 15.3. The van der Waals surface area contributed by atoms with Gasteiger partial charge in [-0.05, 0) is 36.8 Å². The molecule has 0 saturated carbocycles. The highest BCUT2D eigenvalue weighted by Crippen LogP contribution is 2.39. The molecule has 1 unspecified atom stereocenters. The van der Waals surface area contributed by atoms with Crippen LogP contribution < -0.4 is 11.3 Å². The van der Waals surface area contributed by atoms with Crippen LogP contribution in [0.25, 0.3) is 15.9 Å². The SMILES string of the molecule is Cc1ccc2nc(C(Sc3nc4c(c(=O)n3-c3ccccc3)SCC4)C(N)=O)sc2c1. The number of primary amides is 1. The van der Waals surface area contributed by atoms with Crippen LogP contribution in [0.1, 0.15) is 21.5 Å². The number of para-hydroxylation sites is 1. The number of thiazole rings is 1. The molecule has 0 fully saturated rings. The summed E-state index contributed by atoms with van der Waals surface area (Å²) >= 11 is 4.16. The van der Waals surface area contributed by atoms with Crippen LogP contribution in [0.5, 0.6) is 0 Å². The summed E-state index contributed by atoms with van der Waals surface area (Å²) < 4.78 is 2.58. The number of carbonyl (C=O) groups is 1. The number of aryl methyl sites for hydroxylation is 2. The lowest BCUT2D eigenvalue weighted by atomic mass is 10.2. The number of nitrogens with zero attached hydrogens (tertiary/aromatic N) is 3. The Morgan fingerprint density at radius 3 is 2.77 bits per heavy atom. The maximum atomic E-state index is 13.3. The van der Waals surface area contributed by atoms with Crippen LogP contribution in [-0.2, 0) is 11.2 Å². The molecule has 6 nitrogen and oxygen atoms in total. The Bertz CT molecular complexity index is 1360. The second-order valence-electron chi connectivity index (χ2n) is 7.17. The maximum absolute atomic E-state index is 13.3. The molecule has 2 aromatic carbocycles. The first-order valence-corrected chi connectivity index (χ1v) is 12.4. The molecule has 5 rings (SSSR count). The third-order valence-electron chi connectivity index (χ3n) is 4.95. The lowest BCUT2D eigenvalue weighted by molar-refractivity contribution is -0.117. The van der Waals surface area contributed by atoms with Crippen molar-refractivity contribution in [2.45, 2.75) is 28.6 Å². The van der Waals surface area contributed by atoms with Crippen LogP contribution in [0.4, 0.5) is 0 Å². The highest BCUT2D eigenvalue weighted by atomic mass is 32.2. The van der Waals surface area contributed by atoms with Gasteiger partial charge in [-0.3, -0.25) is 14.2 Å². The van der Waals surface area contributed by atoms with Crippen LogP contribution >= 0.6 is 34.9 Å². The number of benzene rings is 2. The Balaban J connectivity index is 1.64. The van der Waals surface area contributed by atoms with Crippen molar-refractivity contribution >= 4 is 51.0 Å². The summed E-state index contributed by atoms with van der Waals surface area (Å²) in [6.07, 6.45) is 0.736. The zero-order valence-electron chi connectivity index (χ0n) is 16.6. The van der Waals surface area contributed by atoms with Crippen LogP contribution in [-0.4, -0.2) is 26.2 Å². The lowest BCUT2D eigenvalue weighted by Crippen LogP contribution is -2.25. The van der Waals surface area contributed by atoms with E-state index in [0.717, 1.165) is 33.6 Å². The van der Waals surface area contributed by atoms with Gasteiger partial charge in [0, 0.05) is 12.2 Å². The molecule has 9 heteroatoms. The van der Waals surface area contributed by atoms with E-state index in [1.165, 1.54) is 34.9 Å². The maximum Gasteiger partial charge on any atom is 0.272 e. The Kier molecular flexibility index (Phi) is 5.33. The zero-order valence-corrected chi connectivity index (χ0v) is 19.0. The third kappa shape index (κ3) is 3.77. The molecule has 2 N–H and O–H groups in total. The molecular formula is C22H18N4O2S3. The van der Waals surface area contributed by atoms with Crippen molar-refractivity contribution in [1.82, 2.24) is 14.5 Å². The van der Waals surface area contributed by atoms with E-state index in [4.69, 9.17) is 10.7 Å². The third-order valence-corrected chi connectivity index (χ3v) is 8.46. The number of aromatic nitrogens is 3. The summed E-state index contributed by atoms with van der Waals surface area (Å²) in [6.45, 7) is 2.02. The number of rotatable bonds is 5. The zero-order chi connectivity index (χ0) is 21.5. The molecule has 1 aliphatic rings. The van der Waals surface area contributed by atoms with Gasteiger partial charge < -0.3 is 5.73 Å². The molecule has 156 valence electrons. The average Bonchev–Trinajstić information content (AvgIpc) is 3.39. The van der Waals surface area contributed by atoms with Crippen molar-refractivity contribution in [2.75, 3.05) is 5.75 Å². The van der Waals surface area contributed by atoms with E-state index in [2.05, 4.69) is 4.98 Å². The molecule has 4 aromatic rings. The largest absolute Gasteiger partial charge is 0.368 e. The lowest BCUT2D eigenvalue weighted by Gasteiger charge is -2.16. The van der Waals surface area contributed by atoms with E-state index >= 15 is 0 Å². The topological polar surface area (TPSA) is 90.9 Å². The molecular weight excluding hydrogens is 448 g/mol. The van der Waals surface area contributed by atoms with Gasteiger partial charge in [-0.15, -0.1) is 23.1 Å². The van der Waals surface area contributed by atoms with Gasteiger partial charge in [0.1, 0.15) is 10.3 Å². The van der Waals surface area contributed by atoms with Crippen molar-refractivity contribution in [3.8, 4) is 5.69 Å². The van der Waals surface area contributed by atoms with E-state index in [1.807, 2.05) is 55.5 Å². The van der Waals surface area contributed by atoms with Crippen molar-refractivity contribution in [1.29, 1.82) is 0 Å². The second-order valence-corrected chi connectivity index (χ2v) is 10.4. The Labute approximate surface area is 190 Å². The van der Waals surface area contributed by atoms with E-state index in [-0.39, 0.29) is 5.56 Å². The van der Waals surface area contributed by atoms with E-state index in [1.54, 1.807) is 4.57 Å². The minimum atomic E-state index is -0.744. The summed E-state index contributed by atoms with van der Waals surface area (Å²) in [5.74, 6) is 0.321. The first kappa shape index (κ1) is 20.3. The van der Waals surface area contributed by atoms with Crippen molar-refractivity contribution in [2.24, 2.45) is 5.73 Å². The van der Waals surface area contributed by atoms with Gasteiger partial charge in [0.2, 0.25) is 5.91 Å². The molecule has 3 heterocycles. The molecule has 1 aliphatic heterocycles. The number of nitrogens with two attached hydrogens (primary N) is 1. The Morgan fingerprint density at radius 1 is 1.19 bits per heavy atom. The number of fused-ring (bicyclic) bond motifs is 2.